The summed E-state index contributed by atoms with van der Waals surface area (Å²) >= 11 is 1.08. The van der Waals surface area contributed by atoms with Crippen molar-refractivity contribution >= 4 is 39.1 Å². The second-order valence-corrected chi connectivity index (χ2v) is 8.44. The van der Waals surface area contributed by atoms with E-state index in [1.54, 1.807) is 31.2 Å². The number of aromatic nitrogens is 2. The SMILES string of the molecule is COc1cccc2cc(C(=O)C3=C(O)C(=O)N(c4nnc(C)s4)C3c3ccccc3F)oc12. The minimum absolute atomic E-state index is 0.0276. The number of furan rings is 1. The number of ether oxygens (including phenoxy) is 1. The molecular weight excluding hydrogens is 449 g/mol. The van der Waals surface area contributed by atoms with Crippen molar-refractivity contribution in [1.29, 1.82) is 0 Å². The summed E-state index contributed by atoms with van der Waals surface area (Å²) in [6.07, 6.45) is 0. The first kappa shape index (κ1) is 20.8. The largest absolute Gasteiger partial charge is 0.503 e. The predicted molar refractivity (Wildman–Crippen MR) is 118 cm³/mol. The monoisotopic (exact) mass is 465 g/mol. The number of carbonyl (C=O) groups excluding carboxylic acids is 2. The molecule has 4 aromatic rings. The summed E-state index contributed by atoms with van der Waals surface area (Å²) in [5.41, 5.74) is 0.0579. The van der Waals surface area contributed by atoms with Crippen molar-refractivity contribution in [1.82, 2.24) is 10.2 Å². The van der Waals surface area contributed by atoms with Gasteiger partial charge in [0, 0.05) is 10.9 Å². The smallest absolute Gasteiger partial charge is 0.296 e. The molecule has 3 heterocycles. The first-order chi connectivity index (χ1) is 15.9. The van der Waals surface area contributed by atoms with E-state index in [0.29, 0.717) is 21.7 Å². The van der Waals surface area contributed by atoms with Crippen molar-refractivity contribution in [2.45, 2.75) is 13.0 Å². The second kappa shape index (κ2) is 7.82. The lowest BCUT2D eigenvalue weighted by Crippen LogP contribution is -2.31. The third-order valence-electron chi connectivity index (χ3n) is 5.33. The molecule has 166 valence electrons. The highest BCUT2D eigenvalue weighted by Gasteiger charge is 2.47. The van der Waals surface area contributed by atoms with Gasteiger partial charge in [0.1, 0.15) is 16.9 Å². The maximum Gasteiger partial charge on any atom is 0.296 e. The number of nitrogens with zero attached hydrogens (tertiary/aromatic N) is 3. The van der Waals surface area contributed by atoms with Gasteiger partial charge in [0.25, 0.3) is 5.91 Å². The van der Waals surface area contributed by atoms with Crippen LogP contribution in [0.5, 0.6) is 5.75 Å². The number of benzene rings is 2. The molecule has 1 atom stereocenters. The summed E-state index contributed by atoms with van der Waals surface area (Å²) in [6.45, 7) is 1.70. The van der Waals surface area contributed by atoms with Crippen molar-refractivity contribution in [2.24, 2.45) is 0 Å². The Labute approximate surface area is 190 Å². The Morgan fingerprint density at radius 1 is 1.21 bits per heavy atom. The lowest BCUT2D eigenvalue weighted by atomic mass is 9.95. The number of anilines is 1. The Kier molecular flexibility index (Phi) is 4.94. The maximum absolute atomic E-state index is 14.9. The molecule has 0 saturated carbocycles. The minimum Gasteiger partial charge on any atom is -0.503 e. The molecule has 2 aromatic heterocycles. The van der Waals surface area contributed by atoms with Gasteiger partial charge in [-0.25, -0.2) is 4.39 Å². The molecule has 0 saturated heterocycles. The average Bonchev–Trinajstić information content (AvgIpc) is 3.50. The highest BCUT2D eigenvalue weighted by molar-refractivity contribution is 7.15. The number of hydrogen-bond acceptors (Lipinski definition) is 8. The molecular formula is C23H16FN3O5S. The van der Waals surface area contributed by atoms with Crippen LogP contribution in [0.15, 0.2) is 64.3 Å². The zero-order valence-electron chi connectivity index (χ0n) is 17.4. The van der Waals surface area contributed by atoms with Gasteiger partial charge in [0.05, 0.1) is 12.7 Å². The number of halogens is 1. The van der Waals surface area contributed by atoms with E-state index in [-0.39, 0.29) is 22.0 Å². The molecule has 0 bridgehead atoms. The van der Waals surface area contributed by atoms with E-state index in [4.69, 9.17) is 9.15 Å². The van der Waals surface area contributed by atoms with Crippen molar-refractivity contribution in [3.05, 3.63) is 82.0 Å². The van der Waals surface area contributed by atoms with Gasteiger partial charge >= 0.3 is 0 Å². The quantitative estimate of drug-likeness (QED) is 0.432. The van der Waals surface area contributed by atoms with E-state index >= 15 is 0 Å². The number of aliphatic hydroxyl groups excluding tert-OH is 1. The number of aryl methyl sites for hydroxylation is 1. The highest BCUT2D eigenvalue weighted by atomic mass is 32.1. The first-order valence-corrected chi connectivity index (χ1v) is 10.6. The second-order valence-electron chi connectivity index (χ2n) is 7.28. The van der Waals surface area contributed by atoms with Crippen LogP contribution in [0.3, 0.4) is 0 Å². The first-order valence-electron chi connectivity index (χ1n) is 9.83. The summed E-state index contributed by atoms with van der Waals surface area (Å²) < 4.78 is 25.9. The Morgan fingerprint density at radius 2 is 2.00 bits per heavy atom. The third kappa shape index (κ3) is 3.26. The fraction of sp³-hybridized carbons (Fsp3) is 0.130. The van der Waals surface area contributed by atoms with Crippen LogP contribution in [-0.2, 0) is 4.79 Å². The van der Waals surface area contributed by atoms with E-state index < -0.39 is 29.3 Å². The molecule has 0 spiro atoms. The predicted octanol–water partition coefficient (Wildman–Crippen LogP) is 4.52. The van der Waals surface area contributed by atoms with E-state index in [0.717, 1.165) is 16.2 Å². The van der Waals surface area contributed by atoms with Gasteiger partial charge in [0.2, 0.25) is 10.9 Å². The Balaban J connectivity index is 1.68. The molecule has 1 amide bonds. The third-order valence-corrected chi connectivity index (χ3v) is 6.16. The van der Waals surface area contributed by atoms with Gasteiger partial charge in [-0.2, -0.15) is 0 Å². The van der Waals surface area contributed by atoms with Crippen LogP contribution < -0.4 is 9.64 Å². The highest BCUT2D eigenvalue weighted by Crippen LogP contribution is 2.44. The normalized spacial score (nSPS) is 16.2. The molecule has 1 unspecified atom stereocenters. The van der Waals surface area contributed by atoms with Crippen LogP contribution in [0, 0.1) is 12.7 Å². The number of amides is 1. The van der Waals surface area contributed by atoms with E-state index in [2.05, 4.69) is 10.2 Å². The maximum atomic E-state index is 14.9. The molecule has 1 aliphatic heterocycles. The number of fused-ring (bicyclic) bond motifs is 1. The number of methoxy groups -OCH3 is 1. The van der Waals surface area contributed by atoms with Gasteiger partial charge in [-0.15, -0.1) is 10.2 Å². The van der Waals surface area contributed by atoms with Crippen LogP contribution in [-0.4, -0.2) is 34.1 Å². The summed E-state index contributed by atoms with van der Waals surface area (Å²) in [5.74, 6) is -2.78. The van der Waals surface area contributed by atoms with E-state index in [1.165, 1.54) is 31.4 Å². The van der Waals surface area contributed by atoms with Gasteiger partial charge < -0.3 is 14.3 Å². The molecule has 0 radical (unpaired) electrons. The Morgan fingerprint density at radius 3 is 2.70 bits per heavy atom. The van der Waals surface area contributed by atoms with Gasteiger partial charge in [0.15, 0.2) is 22.9 Å². The number of para-hydroxylation sites is 1. The lowest BCUT2D eigenvalue weighted by molar-refractivity contribution is -0.117. The standard InChI is InChI=1S/C23H16FN3O5S/c1-11-25-26-23(33-11)27-18(13-7-3-4-8-14(13)24)17(20(29)22(27)30)19(28)16-10-12-6-5-9-15(31-2)21(12)32-16/h3-10,18,29H,1-2H3. The average molecular weight is 465 g/mol. The zero-order chi connectivity index (χ0) is 23.3. The summed E-state index contributed by atoms with van der Waals surface area (Å²) in [5, 5.41) is 19.9. The summed E-state index contributed by atoms with van der Waals surface area (Å²) in [4.78, 5) is 27.7. The zero-order valence-corrected chi connectivity index (χ0v) is 18.2. The van der Waals surface area contributed by atoms with Crippen molar-refractivity contribution in [3.8, 4) is 5.75 Å². The van der Waals surface area contributed by atoms with Crippen LogP contribution in [0.2, 0.25) is 0 Å². The molecule has 0 aliphatic carbocycles. The Hall–Kier alpha value is -4.05. The van der Waals surface area contributed by atoms with E-state index in [1.807, 2.05) is 0 Å². The van der Waals surface area contributed by atoms with Gasteiger partial charge in [-0.3, -0.25) is 14.5 Å². The molecule has 5 rings (SSSR count). The molecule has 2 aromatic carbocycles. The number of hydrogen-bond donors (Lipinski definition) is 1. The summed E-state index contributed by atoms with van der Waals surface area (Å²) in [7, 11) is 1.47. The van der Waals surface area contributed by atoms with Crippen molar-refractivity contribution in [3.63, 3.8) is 0 Å². The topological polar surface area (TPSA) is 106 Å². The number of Topliss-reactive ketones (excluding diaryl/α,β-unsaturated/α-hetero) is 1. The van der Waals surface area contributed by atoms with Crippen molar-refractivity contribution < 1.29 is 28.2 Å². The van der Waals surface area contributed by atoms with Crippen LogP contribution in [0.25, 0.3) is 11.0 Å². The molecule has 8 nitrogen and oxygen atoms in total. The minimum atomic E-state index is -1.26. The van der Waals surface area contributed by atoms with Crippen LogP contribution >= 0.6 is 11.3 Å². The van der Waals surface area contributed by atoms with E-state index in [9.17, 15) is 19.1 Å². The molecule has 10 heteroatoms. The fourth-order valence-electron chi connectivity index (χ4n) is 3.85. The number of carbonyl (C=O) groups is 2. The van der Waals surface area contributed by atoms with Gasteiger partial charge in [-0.1, -0.05) is 41.7 Å². The lowest BCUT2D eigenvalue weighted by Gasteiger charge is -2.24. The molecule has 33 heavy (non-hydrogen) atoms. The fourth-order valence-corrected chi connectivity index (χ4v) is 4.56. The van der Waals surface area contributed by atoms with Gasteiger partial charge in [-0.05, 0) is 25.1 Å². The number of ketones is 1. The van der Waals surface area contributed by atoms with Crippen molar-refractivity contribution in [2.75, 3.05) is 12.0 Å². The molecule has 0 fully saturated rings. The summed E-state index contributed by atoms with van der Waals surface area (Å²) in [6, 6.07) is 11.1. The van der Waals surface area contributed by atoms with Crippen LogP contribution in [0.1, 0.15) is 27.2 Å². The Bertz CT molecular complexity index is 1460. The molecule has 1 N–H and O–H groups in total. The molecule has 1 aliphatic rings. The number of aliphatic hydroxyl groups is 1. The van der Waals surface area contributed by atoms with Crippen LogP contribution in [0.4, 0.5) is 9.52 Å². The number of rotatable bonds is 5.